The van der Waals surface area contributed by atoms with Crippen LogP contribution in [0.15, 0.2) is 0 Å². The molecule has 0 aliphatic carbocycles. The SMILES string of the molecule is Cc1nc(C2(C(C)C)CCNC2)n[nH]1. The van der Waals surface area contributed by atoms with Crippen LogP contribution in [0.5, 0.6) is 0 Å². The van der Waals surface area contributed by atoms with Crippen molar-refractivity contribution in [2.75, 3.05) is 13.1 Å². The fourth-order valence-corrected chi connectivity index (χ4v) is 2.22. The first-order valence-corrected chi connectivity index (χ1v) is 5.25. The summed E-state index contributed by atoms with van der Waals surface area (Å²) in [6, 6.07) is 0. The highest BCUT2D eigenvalue weighted by molar-refractivity contribution is 5.13. The van der Waals surface area contributed by atoms with E-state index in [0.29, 0.717) is 5.92 Å². The molecular weight excluding hydrogens is 176 g/mol. The van der Waals surface area contributed by atoms with Gasteiger partial charge in [-0.05, 0) is 25.8 Å². The van der Waals surface area contributed by atoms with E-state index in [2.05, 4.69) is 34.3 Å². The van der Waals surface area contributed by atoms with Crippen LogP contribution in [0.25, 0.3) is 0 Å². The van der Waals surface area contributed by atoms with Crippen LogP contribution < -0.4 is 5.32 Å². The normalized spacial score (nSPS) is 27.4. The molecule has 1 aromatic heterocycles. The van der Waals surface area contributed by atoms with Gasteiger partial charge in [-0.1, -0.05) is 13.8 Å². The molecule has 1 fully saturated rings. The van der Waals surface area contributed by atoms with Gasteiger partial charge in [0.2, 0.25) is 0 Å². The van der Waals surface area contributed by atoms with Crippen LogP contribution in [-0.2, 0) is 5.41 Å². The Bertz CT molecular complexity index is 310. The molecule has 1 atom stereocenters. The van der Waals surface area contributed by atoms with Gasteiger partial charge < -0.3 is 5.32 Å². The highest BCUT2D eigenvalue weighted by atomic mass is 15.2. The molecule has 14 heavy (non-hydrogen) atoms. The number of aryl methyl sites for hydroxylation is 1. The van der Waals surface area contributed by atoms with Crippen molar-refractivity contribution in [3.63, 3.8) is 0 Å². The zero-order chi connectivity index (χ0) is 10.2. The number of nitrogens with one attached hydrogen (secondary N) is 2. The van der Waals surface area contributed by atoms with Gasteiger partial charge in [0.05, 0.1) is 0 Å². The molecule has 1 aromatic rings. The fourth-order valence-electron chi connectivity index (χ4n) is 2.22. The fraction of sp³-hybridized carbons (Fsp3) is 0.800. The smallest absolute Gasteiger partial charge is 0.158 e. The van der Waals surface area contributed by atoms with Crippen molar-refractivity contribution in [1.29, 1.82) is 0 Å². The van der Waals surface area contributed by atoms with Crippen LogP contribution in [0.2, 0.25) is 0 Å². The molecule has 0 radical (unpaired) electrons. The number of hydrogen-bond acceptors (Lipinski definition) is 3. The molecule has 1 saturated heterocycles. The van der Waals surface area contributed by atoms with Crippen molar-refractivity contribution in [2.24, 2.45) is 5.92 Å². The average Bonchev–Trinajstić information content (AvgIpc) is 2.71. The van der Waals surface area contributed by atoms with Crippen molar-refractivity contribution in [3.05, 3.63) is 11.6 Å². The maximum Gasteiger partial charge on any atom is 0.158 e. The van der Waals surface area contributed by atoms with Crippen molar-refractivity contribution in [3.8, 4) is 0 Å². The summed E-state index contributed by atoms with van der Waals surface area (Å²) in [5.74, 6) is 2.47. The Balaban J connectivity index is 2.36. The van der Waals surface area contributed by atoms with Gasteiger partial charge in [-0.25, -0.2) is 4.98 Å². The number of nitrogens with zero attached hydrogens (tertiary/aromatic N) is 2. The Hall–Kier alpha value is -0.900. The molecule has 4 heteroatoms. The van der Waals surface area contributed by atoms with E-state index in [1.807, 2.05) is 6.92 Å². The summed E-state index contributed by atoms with van der Waals surface area (Å²) in [5.41, 5.74) is 0.144. The predicted molar refractivity (Wildman–Crippen MR) is 55.1 cm³/mol. The van der Waals surface area contributed by atoms with Crippen molar-refractivity contribution in [2.45, 2.75) is 32.6 Å². The first-order valence-electron chi connectivity index (χ1n) is 5.25. The number of aromatic nitrogens is 3. The zero-order valence-corrected chi connectivity index (χ0v) is 9.09. The minimum Gasteiger partial charge on any atom is -0.316 e. The Morgan fingerprint density at radius 1 is 1.43 bits per heavy atom. The molecule has 0 amide bonds. The quantitative estimate of drug-likeness (QED) is 0.738. The van der Waals surface area contributed by atoms with Crippen LogP contribution in [0.3, 0.4) is 0 Å². The topological polar surface area (TPSA) is 53.6 Å². The van der Waals surface area contributed by atoms with E-state index >= 15 is 0 Å². The largest absolute Gasteiger partial charge is 0.316 e. The number of aromatic amines is 1. The summed E-state index contributed by atoms with van der Waals surface area (Å²) < 4.78 is 0. The minimum absolute atomic E-state index is 0.144. The predicted octanol–water partition coefficient (Wildman–Crippen LogP) is 1.00. The molecule has 0 aromatic carbocycles. The molecule has 0 saturated carbocycles. The lowest BCUT2D eigenvalue weighted by Crippen LogP contribution is -2.36. The maximum atomic E-state index is 4.48. The standard InChI is InChI=1S/C10H18N4/c1-7(2)10(4-5-11-6-10)9-12-8(3)13-14-9/h7,11H,4-6H2,1-3H3,(H,12,13,14). The maximum absolute atomic E-state index is 4.48. The van der Waals surface area contributed by atoms with E-state index in [0.717, 1.165) is 31.2 Å². The second kappa shape index (κ2) is 3.35. The second-order valence-corrected chi connectivity index (χ2v) is 4.48. The molecule has 0 spiro atoms. The third kappa shape index (κ3) is 1.34. The molecule has 2 N–H and O–H groups in total. The first-order chi connectivity index (χ1) is 6.65. The number of rotatable bonds is 2. The van der Waals surface area contributed by atoms with Gasteiger partial charge in [0, 0.05) is 12.0 Å². The van der Waals surface area contributed by atoms with Crippen LogP contribution in [-0.4, -0.2) is 28.3 Å². The minimum atomic E-state index is 0.144. The van der Waals surface area contributed by atoms with Gasteiger partial charge in [-0.2, -0.15) is 5.10 Å². The van der Waals surface area contributed by atoms with Gasteiger partial charge in [0.25, 0.3) is 0 Å². The van der Waals surface area contributed by atoms with Gasteiger partial charge in [-0.3, -0.25) is 5.10 Å². The Morgan fingerprint density at radius 2 is 2.21 bits per heavy atom. The Labute approximate surface area is 84.5 Å². The summed E-state index contributed by atoms with van der Waals surface area (Å²) in [6.07, 6.45) is 1.14. The lowest BCUT2D eigenvalue weighted by Gasteiger charge is -2.29. The molecule has 2 heterocycles. The molecule has 1 aliphatic heterocycles. The lowest BCUT2D eigenvalue weighted by molar-refractivity contribution is 0.318. The van der Waals surface area contributed by atoms with Gasteiger partial charge >= 0.3 is 0 Å². The molecule has 2 rings (SSSR count). The Morgan fingerprint density at radius 3 is 2.64 bits per heavy atom. The summed E-state index contributed by atoms with van der Waals surface area (Å²) in [7, 11) is 0. The number of hydrogen-bond donors (Lipinski definition) is 2. The highest BCUT2D eigenvalue weighted by Gasteiger charge is 2.41. The monoisotopic (exact) mass is 194 g/mol. The second-order valence-electron chi connectivity index (χ2n) is 4.48. The van der Waals surface area contributed by atoms with E-state index in [1.165, 1.54) is 0 Å². The first kappa shape index (κ1) is 9.65. The van der Waals surface area contributed by atoms with Gasteiger partial charge in [0.15, 0.2) is 5.82 Å². The van der Waals surface area contributed by atoms with E-state index in [1.54, 1.807) is 0 Å². The summed E-state index contributed by atoms with van der Waals surface area (Å²) in [6.45, 7) is 8.53. The van der Waals surface area contributed by atoms with Crippen LogP contribution in [0, 0.1) is 12.8 Å². The molecule has 1 unspecified atom stereocenters. The van der Waals surface area contributed by atoms with Crippen molar-refractivity contribution in [1.82, 2.24) is 20.5 Å². The zero-order valence-electron chi connectivity index (χ0n) is 9.09. The summed E-state index contributed by atoms with van der Waals surface area (Å²) in [4.78, 5) is 4.48. The third-order valence-corrected chi connectivity index (χ3v) is 3.34. The number of H-pyrrole nitrogens is 1. The molecule has 0 bridgehead atoms. The molecular formula is C10H18N4. The van der Waals surface area contributed by atoms with Gasteiger partial charge in [0.1, 0.15) is 5.82 Å². The van der Waals surface area contributed by atoms with E-state index in [9.17, 15) is 0 Å². The van der Waals surface area contributed by atoms with Crippen molar-refractivity contribution < 1.29 is 0 Å². The van der Waals surface area contributed by atoms with E-state index in [4.69, 9.17) is 0 Å². The van der Waals surface area contributed by atoms with Crippen molar-refractivity contribution >= 4 is 0 Å². The third-order valence-electron chi connectivity index (χ3n) is 3.34. The Kier molecular flexibility index (Phi) is 2.31. The van der Waals surface area contributed by atoms with Crippen LogP contribution >= 0.6 is 0 Å². The van der Waals surface area contributed by atoms with E-state index in [-0.39, 0.29) is 5.41 Å². The average molecular weight is 194 g/mol. The van der Waals surface area contributed by atoms with Crippen LogP contribution in [0.4, 0.5) is 0 Å². The summed E-state index contributed by atoms with van der Waals surface area (Å²) in [5, 5.41) is 10.7. The summed E-state index contributed by atoms with van der Waals surface area (Å²) >= 11 is 0. The van der Waals surface area contributed by atoms with E-state index < -0.39 is 0 Å². The highest BCUT2D eigenvalue weighted by Crippen LogP contribution is 2.35. The van der Waals surface area contributed by atoms with Gasteiger partial charge in [-0.15, -0.1) is 0 Å². The molecule has 4 nitrogen and oxygen atoms in total. The lowest BCUT2D eigenvalue weighted by atomic mass is 9.76. The molecule has 1 aliphatic rings. The van der Waals surface area contributed by atoms with Crippen LogP contribution in [0.1, 0.15) is 31.9 Å². The molecule has 78 valence electrons.